The van der Waals surface area contributed by atoms with E-state index in [9.17, 15) is 13.2 Å². The van der Waals surface area contributed by atoms with Crippen molar-refractivity contribution in [1.82, 2.24) is 15.0 Å². The van der Waals surface area contributed by atoms with Crippen LogP contribution in [0.15, 0.2) is 28.8 Å². The minimum Gasteiger partial charge on any atom is -0.334 e. The first-order valence-electron chi connectivity index (χ1n) is 8.26. The van der Waals surface area contributed by atoms with Gasteiger partial charge in [0.2, 0.25) is 0 Å². The molecule has 0 bridgehead atoms. The van der Waals surface area contributed by atoms with Gasteiger partial charge in [-0.2, -0.15) is 18.2 Å². The van der Waals surface area contributed by atoms with E-state index in [4.69, 9.17) is 4.52 Å². The number of piperidine rings is 1. The smallest absolute Gasteiger partial charge is 0.334 e. The van der Waals surface area contributed by atoms with Crippen molar-refractivity contribution in [3.8, 4) is 11.5 Å². The molecule has 2 heterocycles. The first kappa shape index (κ1) is 15.6. The third-order valence-electron chi connectivity index (χ3n) is 4.86. The minimum absolute atomic E-state index is 0.270. The van der Waals surface area contributed by atoms with Crippen molar-refractivity contribution < 1.29 is 17.7 Å². The summed E-state index contributed by atoms with van der Waals surface area (Å²) in [5.41, 5.74) is -0.171. The highest BCUT2D eigenvalue weighted by molar-refractivity contribution is 5.53. The van der Waals surface area contributed by atoms with Gasteiger partial charge in [-0.1, -0.05) is 5.16 Å². The number of hydrogen-bond acceptors (Lipinski definition) is 4. The second-order valence-corrected chi connectivity index (χ2v) is 6.57. The van der Waals surface area contributed by atoms with E-state index >= 15 is 0 Å². The fraction of sp³-hybridized carbons (Fsp3) is 0.529. The van der Waals surface area contributed by atoms with Crippen molar-refractivity contribution in [2.24, 2.45) is 0 Å². The number of likely N-dealkylation sites (tertiary alicyclic amines) is 1. The summed E-state index contributed by atoms with van der Waals surface area (Å²) in [5.74, 6) is 1.22. The number of rotatable bonds is 3. The maximum atomic E-state index is 12.6. The maximum Gasteiger partial charge on any atom is 0.416 e. The fourth-order valence-corrected chi connectivity index (χ4v) is 3.28. The second kappa shape index (κ2) is 5.88. The van der Waals surface area contributed by atoms with Crippen LogP contribution in [0.3, 0.4) is 0 Å². The second-order valence-electron chi connectivity index (χ2n) is 6.57. The molecule has 1 aromatic heterocycles. The molecule has 4 rings (SSSR count). The Morgan fingerprint density at radius 2 is 1.67 bits per heavy atom. The first-order chi connectivity index (χ1) is 11.5. The molecule has 0 spiro atoms. The summed E-state index contributed by atoms with van der Waals surface area (Å²) < 4.78 is 43.1. The number of alkyl halides is 3. The predicted molar refractivity (Wildman–Crippen MR) is 81.3 cm³/mol. The van der Waals surface area contributed by atoms with Crippen LogP contribution >= 0.6 is 0 Å². The van der Waals surface area contributed by atoms with Gasteiger partial charge in [0.05, 0.1) is 5.56 Å². The molecule has 0 amide bonds. The summed E-state index contributed by atoms with van der Waals surface area (Å²) in [4.78, 5) is 6.93. The zero-order chi connectivity index (χ0) is 16.7. The normalized spacial score (nSPS) is 20.5. The van der Waals surface area contributed by atoms with E-state index in [0.717, 1.165) is 44.1 Å². The van der Waals surface area contributed by atoms with E-state index in [1.165, 1.54) is 25.0 Å². The van der Waals surface area contributed by atoms with E-state index in [0.29, 0.717) is 11.4 Å². The Labute approximate surface area is 137 Å². The van der Waals surface area contributed by atoms with Crippen LogP contribution in [-0.2, 0) is 6.18 Å². The van der Waals surface area contributed by atoms with Crippen LogP contribution in [0.1, 0.15) is 43.0 Å². The predicted octanol–water partition coefficient (Wildman–Crippen LogP) is 4.10. The van der Waals surface area contributed by atoms with Crippen molar-refractivity contribution >= 4 is 0 Å². The molecule has 0 radical (unpaired) electrons. The quantitative estimate of drug-likeness (QED) is 0.846. The molecule has 128 valence electrons. The van der Waals surface area contributed by atoms with Gasteiger partial charge >= 0.3 is 6.18 Å². The molecule has 0 unspecified atom stereocenters. The molecule has 1 aliphatic heterocycles. The molecule has 1 saturated carbocycles. The molecule has 0 N–H and O–H groups in total. The summed E-state index contributed by atoms with van der Waals surface area (Å²) in [6.45, 7) is 2.11. The number of aromatic nitrogens is 2. The minimum atomic E-state index is -4.34. The van der Waals surface area contributed by atoms with Crippen molar-refractivity contribution in [3.63, 3.8) is 0 Å². The third-order valence-corrected chi connectivity index (χ3v) is 4.86. The summed E-state index contributed by atoms with van der Waals surface area (Å²) >= 11 is 0. The average molecular weight is 337 g/mol. The Kier molecular flexibility index (Phi) is 3.83. The van der Waals surface area contributed by atoms with Crippen molar-refractivity contribution in [2.75, 3.05) is 13.1 Å². The largest absolute Gasteiger partial charge is 0.416 e. The van der Waals surface area contributed by atoms with Crippen LogP contribution in [0, 0.1) is 0 Å². The lowest BCUT2D eigenvalue weighted by Gasteiger charge is -2.30. The van der Waals surface area contributed by atoms with Gasteiger partial charge in [-0.3, -0.25) is 0 Å². The lowest BCUT2D eigenvalue weighted by molar-refractivity contribution is -0.137. The van der Waals surface area contributed by atoms with Gasteiger partial charge in [0.1, 0.15) is 0 Å². The van der Waals surface area contributed by atoms with Gasteiger partial charge in [0.15, 0.2) is 5.82 Å². The molecule has 1 saturated heterocycles. The molecule has 1 aliphatic carbocycles. The monoisotopic (exact) mass is 337 g/mol. The highest BCUT2D eigenvalue weighted by atomic mass is 19.4. The Morgan fingerprint density at radius 1 is 1.00 bits per heavy atom. The van der Waals surface area contributed by atoms with Crippen LogP contribution in [0.25, 0.3) is 11.5 Å². The fourth-order valence-electron chi connectivity index (χ4n) is 3.28. The highest BCUT2D eigenvalue weighted by Gasteiger charge is 2.33. The Bertz CT molecular complexity index is 699. The lowest BCUT2D eigenvalue weighted by Crippen LogP contribution is -2.34. The van der Waals surface area contributed by atoms with Crippen LogP contribution in [0.5, 0.6) is 0 Å². The van der Waals surface area contributed by atoms with Crippen LogP contribution in [0.2, 0.25) is 0 Å². The maximum absolute atomic E-state index is 12.6. The molecule has 24 heavy (non-hydrogen) atoms. The summed E-state index contributed by atoms with van der Waals surface area (Å²) in [7, 11) is 0. The number of halogens is 3. The summed E-state index contributed by atoms with van der Waals surface area (Å²) in [6.07, 6.45) is 0.287. The topological polar surface area (TPSA) is 42.2 Å². The van der Waals surface area contributed by atoms with E-state index in [1.807, 2.05) is 0 Å². The summed E-state index contributed by atoms with van der Waals surface area (Å²) in [5, 5.41) is 4.05. The molecule has 2 aliphatic rings. The van der Waals surface area contributed by atoms with Gasteiger partial charge in [-0.05, 0) is 63.0 Å². The number of hydrogen-bond donors (Lipinski definition) is 0. The molecule has 4 nitrogen and oxygen atoms in total. The highest BCUT2D eigenvalue weighted by Crippen LogP contribution is 2.34. The van der Waals surface area contributed by atoms with Crippen molar-refractivity contribution in [3.05, 3.63) is 35.7 Å². The molecule has 0 atom stereocenters. The van der Waals surface area contributed by atoms with Crippen LogP contribution in [-0.4, -0.2) is 34.2 Å². The Hall–Kier alpha value is -1.89. The van der Waals surface area contributed by atoms with Gasteiger partial charge < -0.3 is 9.42 Å². The van der Waals surface area contributed by atoms with Gasteiger partial charge in [-0.15, -0.1) is 0 Å². The number of benzene rings is 1. The molecule has 2 aromatic rings. The molecular formula is C17H18F3N3O. The Balaban J connectivity index is 1.44. The van der Waals surface area contributed by atoms with Crippen molar-refractivity contribution in [2.45, 2.75) is 43.8 Å². The van der Waals surface area contributed by atoms with Gasteiger partial charge in [0, 0.05) is 17.5 Å². The van der Waals surface area contributed by atoms with Crippen LogP contribution < -0.4 is 0 Å². The number of nitrogens with zero attached hydrogens (tertiary/aromatic N) is 3. The van der Waals surface area contributed by atoms with Gasteiger partial charge in [0.25, 0.3) is 5.89 Å². The Morgan fingerprint density at radius 3 is 2.25 bits per heavy atom. The van der Waals surface area contributed by atoms with E-state index in [1.54, 1.807) is 0 Å². The standard InChI is InChI=1S/C17H18F3N3O/c18-17(19,20)13-3-1-12(2-4-13)16-21-15(22-24-16)11-7-9-23(10-8-11)14-5-6-14/h1-4,11,14H,5-10H2. The van der Waals surface area contributed by atoms with E-state index < -0.39 is 11.7 Å². The molecule has 1 aromatic carbocycles. The van der Waals surface area contributed by atoms with Crippen LogP contribution in [0.4, 0.5) is 13.2 Å². The third kappa shape index (κ3) is 3.17. The molecule has 2 fully saturated rings. The first-order valence-corrected chi connectivity index (χ1v) is 8.26. The average Bonchev–Trinajstić information content (AvgIpc) is 3.31. The van der Waals surface area contributed by atoms with E-state index in [2.05, 4.69) is 15.0 Å². The summed E-state index contributed by atoms with van der Waals surface area (Å²) in [6, 6.07) is 5.59. The lowest BCUT2D eigenvalue weighted by atomic mass is 9.96. The zero-order valence-corrected chi connectivity index (χ0v) is 13.1. The van der Waals surface area contributed by atoms with Gasteiger partial charge in [-0.25, -0.2) is 0 Å². The van der Waals surface area contributed by atoms with Crippen molar-refractivity contribution in [1.29, 1.82) is 0 Å². The molecule has 7 heteroatoms. The molecular weight excluding hydrogens is 319 g/mol. The van der Waals surface area contributed by atoms with E-state index in [-0.39, 0.29) is 11.8 Å². The zero-order valence-electron chi connectivity index (χ0n) is 13.1. The SMILES string of the molecule is FC(F)(F)c1ccc(-c2nc(C3CCN(C4CC4)CC3)no2)cc1.